The maximum absolute atomic E-state index is 13.5. The quantitative estimate of drug-likeness (QED) is 0.733. The van der Waals surface area contributed by atoms with Gasteiger partial charge in [0.1, 0.15) is 12.4 Å². The summed E-state index contributed by atoms with van der Waals surface area (Å²) in [6.45, 7) is 0.584. The Labute approximate surface area is 102 Å². The summed E-state index contributed by atoms with van der Waals surface area (Å²) in [5, 5.41) is 12.7. The largest absolute Gasteiger partial charge is 0.480 e. The molecule has 0 atom stereocenters. The van der Waals surface area contributed by atoms with Crippen molar-refractivity contribution in [2.75, 3.05) is 11.9 Å². The number of carboxylic acids is 1. The molecule has 0 radical (unpaired) electrons. The zero-order chi connectivity index (χ0) is 13.7. The molecular formula is C11H11FN2O4. The summed E-state index contributed by atoms with van der Waals surface area (Å²) in [5.74, 6) is -3.30. The fraction of sp³-hybridized carbons (Fsp3) is 0.182. The van der Waals surface area contributed by atoms with Crippen LogP contribution in [-0.4, -0.2) is 29.4 Å². The lowest BCUT2D eigenvalue weighted by Crippen LogP contribution is -2.30. The molecule has 0 spiro atoms. The van der Waals surface area contributed by atoms with E-state index in [1.165, 1.54) is 19.1 Å². The van der Waals surface area contributed by atoms with E-state index in [0.717, 1.165) is 6.07 Å². The molecule has 96 valence electrons. The minimum Gasteiger partial charge on any atom is -0.480 e. The fourth-order valence-electron chi connectivity index (χ4n) is 1.27. The topological polar surface area (TPSA) is 95.5 Å². The van der Waals surface area contributed by atoms with Crippen LogP contribution in [0.1, 0.15) is 17.3 Å². The molecule has 0 aliphatic carbocycles. The first kappa shape index (κ1) is 13.6. The zero-order valence-electron chi connectivity index (χ0n) is 9.49. The first-order chi connectivity index (χ1) is 8.41. The van der Waals surface area contributed by atoms with Gasteiger partial charge in [-0.05, 0) is 12.1 Å². The van der Waals surface area contributed by atoms with E-state index in [2.05, 4.69) is 10.6 Å². The van der Waals surface area contributed by atoms with Crippen molar-refractivity contribution in [2.24, 2.45) is 0 Å². The molecule has 0 aromatic heterocycles. The van der Waals surface area contributed by atoms with Crippen LogP contribution < -0.4 is 10.6 Å². The number of carbonyl (C=O) groups excluding carboxylic acids is 2. The van der Waals surface area contributed by atoms with Crippen molar-refractivity contribution in [3.63, 3.8) is 0 Å². The second-order valence-corrected chi connectivity index (χ2v) is 3.42. The van der Waals surface area contributed by atoms with Gasteiger partial charge >= 0.3 is 5.97 Å². The van der Waals surface area contributed by atoms with Gasteiger partial charge < -0.3 is 15.7 Å². The number of rotatable bonds is 4. The fourth-order valence-corrected chi connectivity index (χ4v) is 1.27. The summed E-state index contributed by atoms with van der Waals surface area (Å²) in [6.07, 6.45) is 0. The van der Waals surface area contributed by atoms with E-state index >= 15 is 0 Å². The van der Waals surface area contributed by atoms with Crippen LogP contribution in [0.15, 0.2) is 18.2 Å². The SMILES string of the molecule is CC(=O)Nc1c(F)cccc1C(=O)NCC(=O)O. The van der Waals surface area contributed by atoms with Crippen LogP contribution in [0.2, 0.25) is 0 Å². The van der Waals surface area contributed by atoms with Crippen molar-refractivity contribution >= 4 is 23.5 Å². The Balaban J connectivity index is 3.00. The highest BCUT2D eigenvalue weighted by Gasteiger charge is 2.16. The van der Waals surface area contributed by atoms with Gasteiger partial charge in [-0.15, -0.1) is 0 Å². The maximum atomic E-state index is 13.5. The van der Waals surface area contributed by atoms with Crippen molar-refractivity contribution in [1.82, 2.24) is 5.32 Å². The predicted octanol–water partition coefficient (Wildman–Crippen LogP) is 0.598. The van der Waals surface area contributed by atoms with E-state index in [0.29, 0.717) is 0 Å². The zero-order valence-corrected chi connectivity index (χ0v) is 9.49. The molecule has 7 heteroatoms. The number of anilines is 1. The van der Waals surface area contributed by atoms with Crippen LogP contribution in [0.4, 0.5) is 10.1 Å². The third-order valence-corrected chi connectivity index (χ3v) is 1.96. The summed E-state index contributed by atoms with van der Waals surface area (Å²) < 4.78 is 13.5. The van der Waals surface area contributed by atoms with Crippen molar-refractivity contribution in [2.45, 2.75) is 6.92 Å². The van der Waals surface area contributed by atoms with Crippen molar-refractivity contribution in [3.05, 3.63) is 29.6 Å². The molecule has 6 nitrogen and oxygen atoms in total. The minimum atomic E-state index is -1.22. The number of nitrogens with one attached hydrogen (secondary N) is 2. The summed E-state index contributed by atoms with van der Waals surface area (Å²) in [4.78, 5) is 32.8. The average molecular weight is 254 g/mol. The number of carbonyl (C=O) groups is 3. The Morgan fingerprint density at radius 2 is 2.00 bits per heavy atom. The smallest absolute Gasteiger partial charge is 0.322 e. The molecule has 0 saturated heterocycles. The van der Waals surface area contributed by atoms with Gasteiger partial charge in [-0.25, -0.2) is 4.39 Å². The van der Waals surface area contributed by atoms with Gasteiger partial charge in [0.05, 0.1) is 11.3 Å². The number of hydrogen-bond donors (Lipinski definition) is 3. The molecule has 3 N–H and O–H groups in total. The Morgan fingerprint density at radius 1 is 1.33 bits per heavy atom. The van der Waals surface area contributed by atoms with E-state index in [9.17, 15) is 18.8 Å². The van der Waals surface area contributed by atoms with Gasteiger partial charge in [0.2, 0.25) is 5.91 Å². The summed E-state index contributed by atoms with van der Waals surface area (Å²) in [7, 11) is 0. The third kappa shape index (κ3) is 3.55. The average Bonchev–Trinajstić information content (AvgIpc) is 2.28. The highest BCUT2D eigenvalue weighted by molar-refractivity contribution is 6.04. The minimum absolute atomic E-state index is 0.133. The monoisotopic (exact) mass is 254 g/mol. The highest BCUT2D eigenvalue weighted by atomic mass is 19.1. The summed E-state index contributed by atoms with van der Waals surface area (Å²) >= 11 is 0. The Kier molecular flexibility index (Phi) is 4.36. The first-order valence-corrected chi connectivity index (χ1v) is 4.98. The van der Waals surface area contributed by atoms with Gasteiger partial charge in [-0.3, -0.25) is 14.4 Å². The van der Waals surface area contributed by atoms with Crippen LogP contribution in [0.5, 0.6) is 0 Å². The molecular weight excluding hydrogens is 243 g/mol. The standard InChI is InChI=1S/C11H11FN2O4/c1-6(15)14-10-7(3-2-4-8(10)12)11(18)13-5-9(16)17/h2-4H,5H2,1H3,(H,13,18)(H,14,15)(H,16,17). The Bertz CT molecular complexity index is 502. The molecule has 0 unspecified atom stereocenters. The molecule has 2 amide bonds. The van der Waals surface area contributed by atoms with Crippen LogP contribution in [0.3, 0.4) is 0 Å². The van der Waals surface area contributed by atoms with Crippen LogP contribution in [-0.2, 0) is 9.59 Å². The molecule has 1 rings (SSSR count). The van der Waals surface area contributed by atoms with Crippen LogP contribution >= 0.6 is 0 Å². The molecule has 0 aliphatic rings. The van der Waals surface area contributed by atoms with Gasteiger partial charge in [0.25, 0.3) is 5.91 Å². The summed E-state index contributed by atoms with van der Waals surface area (Å²) in [6, 6.07) is 3.65. The first-order valence-electron chi connectivity index (χ1n) is 4.98. The highest BCUT2D eigenvalue weighted by Crippen LogP contribution is 2.19. The van der Waals surface area contributed by atoms with Gasteiger partial charge in [0.15, 0.2) is 0 Å². The lowest BCUT2D eigenvalue weighted by molar-refractivity contribution is -0.135. The molecule has 0 bridgehead atoms. The van der Waals surface area contributed by atoms with Gasteiger partial charge in [0, 0.05) is 6.92 Å². The van der Waals surface area contributed by atoms with Gasteiger partial charge in [-0.2, -0.15) is 0 Å². The number of aliphatic carboxylic acids is 1. The second-order valence-electron chi connectivity index (χ2n) is 3.42. The van der Waals surface area contributed by atoms with Crippen LogP contribution in [0, 0.1) is 5.82 Å². The molecule has 0 aliphatic heterocycles. The van der Waals surface area contributed by atoms with E-state index in [1.807, 2.05) is 0 Å². The van der Waals surface area contributed by atoms with Crippen molar-refractivity contribution in [3.8, 4) is 0 Å². The number of para-hydroxylation sites is 1. The normalized spacial score (nSPS) is 9.67. The van der Waals surface area contributed by atoms with Crippen LogP contribution in [0.25, 0.3) is 0 Å². The number of halogens is 1. The summed E-state index contributed by atoms with van der Waals surface area (Å²) in [5.41, 5.74) is -0.403. The van der Waals surface area contributed by atoms with Crippen molar-refractivity contribution < 1.29 is 23.9 Å². The number of amides is 2. The molecule has 1 aromatic rings. The molecule has 18 heavy (non-hydrogen) atoms. The number of carboxylic acid groups (broad SMARTS) is 1. The number of hydrogen-bond acceptors (Lipinski definition) is 3. The lowest BCUT2D eigenvalue weighted by atomic mass is 10.1. The molecule has 0 saturated carbocycles. The number of benzene rings is 1. The predicted molar refractivity (Wildman–Crippen MR) is 60.7 cm³/mol. The van der Waals surface area contributed by atoms with E-state index < -0.39 is 30.1 Å². The third-order valence-electron chi connectivity index (χ3n) is 1.96. The Morgan fingerprint density at radius 3 is 2.56 bits per heavy atom. The van der Waals surface area contributed by atoms with E-state index in [1.54, 1.807) is 0 Å². The van der Waals surface area contributed by atoms with Gasteiger partial charge in [-0.1, -0.05) is 6.07 Å². The molecule has 1 aromatic carbocycles. The second kappa shape index (κ2) is 5.76. The molecule has 0 fully saturated rings. The van der Waals surface area contributed by atoms with Crippen molar-refractivity contribution in [1.29, 1.82) is 0 Å². The van der Waals surface area contributed by atoms with E-state index in [4.69, 9.17) is 5.11 Å². The Hall–Kier alpha value is -2.44. The molecule has 0 heterocycles. The van der Waals surface area contributed by atoms with E-state index in [-0.39, 0.29) is 11.3 Å². The lowest BCUT2D eigenvalue weighted by Gasteiger charge is -2.10. The maximum Gasteiger partial charge on any atom is 0.322 e.